The number of hydrogen-bond acceptors (Lipinski definition) is 7. The van der Waals surface area contributed by atoms with E-state index in [0.29, 0.717) is 30.2 Å². The molecule has 0 radical (unpaired) electrons. The fourth-order valence-electron chi connectivity index (χ4n) is 4.01. The number of nitrogens with zero attached hydrogens (tertiary/aromatic N) is 3. The Kier molecular flexibility index (Phi) is 6.62. The van der Waals surface area contributed by atoms with Crippen LogP contribution in [0, 0.1) is 5.82 Å². The van der Waals surface area contributed by atoms with Gasteiger partial charge in [0, 0.05) is 38.8 Å². The lowest BCUT2D eigenvalue weighted by Gasteiger charge is -2.35. The maximum Gasteiger partial charge on any atom is 0.414 e. The number of rotatable bonds is 6. The number of cyclic esters (lactones) is 1. The quantitative estimate of drug-likeness (QED) is 0.585. The maximum atomic E-state index is 15.0. The normalized spacial score (nSPS) is 19.2. The van der Waals surface area contributed by atoms with Crippen LogP contribution in [0.4, 0.5) is 26.2 Å². The van der Waals surface area contributed by atoms with Crippen molar-refractivity contribution >= 4 is 39.1 Å². The number of sulfonamides is 1. The average molecular weight is 492 g/mol. The van der Waals surface area contributed by atoms with Gasteiger partial charge in [-0.2, -0.15) is 4.31 Å². The van der Waals surface area contributed by atoms with Crippen LogP contribution in [-0.4, -0.2) is 70.1 Å². The number of piperazine rings is 1. The molecule has 0 aliphatic carbocycles. The van der Waals surface area contributed by atoms with Gasteiger partial charge in [0.15, 0.2) is 0 Å². The van der Waals surface area contributed by atoms with Crippen LogP contribution in [0.1, 0.15) is 6.92 Å². The van der Waals surface area contributed by atoms with Gasteiger partial charge < -0.3 is 20.7 Å². The molecule has 3 N–H and O–H groups in total. The van der Waals surface area contributed by atoms with Crippen molar-refractivity contribution in [2.45, 2.75) is 17.9 Å². The van der Waals surface area contributed by atoms with Crippen molar-refractivity contribution in [2.24, 2.45) is 0 Å². The van der Waals surface area contributed by atoms with Crippen LogP contribution in [0.3, 0.4) is 0 Å². The molecule has 0 spiro atoms. The first-order chi connectivity index (χ1) is 16.1. The summed E-state index contributed by atoms with van der Waals surface area (Å²) in [5.41, 5.74) is 6.76. The predicted octanol–water partition coefficient (Wildman–Crippen LogP) is 1.38. The lowest BCUT2D eigenvalue weighted by atomic mass is 10.2. The summed E-state index contributed by atoms with van der Waals surface area (Å²) in [6, 6.07) is 10.6. The molecular weight excluding hydrogens is 465 g/mol. The molecule has 10 nitrogen and oxygen atoms in total. The molecule has 0 aromatic heterocycles. The first-order valence-corrected chi connectivity index (χ1v) is 12.2. The summed E-state index contributed by atoms with van der Waals surface area (Å²) in [7, 11) is -3.69. The van der Waals surface area contributed by atoms with Gasteiger partial charge in [0.05, 0.1) is 29.4 Å². The van der Waals surface area contributed by atoms with Crippen LogP contribution in [0.5, 0.6) is 0 Å². The van der Waals surface area contributed by atoms with Crippen molar-refractivity contribution < 1.29 is 27.1 Å². The van der Waals surface area contributed by atoms with Gasteiger partial charge in [0.25, 0.3) is 0 Å². The van der Waals surface area contributed by atoms with Crippen LogP contribution >= 0.6 is 0 Å². The fourth-order valence-corrected chi connectivity index (χ4v) is 5.49. The van der Waals surface area contributed by atoms with Crippen molar-refractivity contribution in [2.75, 3.05) is 54.8 Å². The molecule has 2 heterocycles. The third-order valence-corrected chi connectivity index (χ3v) is 7.67. The first-order valence-electron chi connectivity index (χ1n) is 10.8. The monoisotopic (exact) mass is 491 g/mol. The molecule has 2 fully saturated rings. The molecular formula is C22H26FN5O5S. The first kappa shape index (κ1) is 23.8. The van der Waals surface area contributed by atoms with Gasteiger partial charge in [0.2, 0.25) is 15.9 Å². The third-order valence-electron chi connectivity index (χ3n) is 5.77. The number of hydrogen-bond donors (Lipinski definition) is 2. The number of anilines is 3. The molecule has 34 heavy (non-hydrogen) atoms. The molecule has 2 aromatic rings. The molecule has 2 aliphatic heterocycles. The Morgan fingerprint density at radius 1 is 1.18 bits per heavy atom. The lowest BCUT2D eigenvalue weighted by molar-refractivity contribution is -0.119. The Morgan fingerprint density at radius 3 is 2.56 bits per heavy atom. The van der Waals surface area contributed by atoms with E-state index in [1.807, 2.05) is 0 Å². The standard InChI is InChI=1S/C22H26FN5O5S/c1-15(29)25-13-18-14-28(22(30)33-18)17-5-6-21(20(23)12-17)26-7-9-27(10-8-26)34(31,32)19-4-2-3-16(24)11-19/h2-6,11-12,18H,7-10,13-14,24H2,1H3,(H,25,29)/t18-/m0/s1. The summed E-state index contributed by atoms with van der Waals surface area (Å²) in [5, 5.41) is 2.59. The van der Waals surface area contributed by atoms with Crippen molar-refractivity contribution in [3.05, 3.63) is 48.3 Å². The van der Waals surface area contributed by atoms with Crippen molar-refractivity contribution in [1.82, 2.24) is 9.62 Å². The van der Waals surface area contributed by atoms with E-state index in [-0.39, 0.29) is 37.0 Å². The number of benzene rings is 2. The molecule has 1 atom stereocenters. The van der Waals surface area contributed by atoms with Gasteiger partial charge in [-0.3, -0.25) is 9.69 Å². The number of nitrogens with one attached hydrogen (secondary N) is 1. The Bertz CT molecular complexity index is 1200. The zero-order valence-corrected chi connectivity index (χ0v) is 19.4. The second-order valence-electron chi connectivity index (χ2n) is 8.15. The Morgan fingerprint density at radius 2 is 1.91 bits per heavy atom. The molecule has 0 saturated carbocycles. The third kappa shape index (κ3) is 4.92. The predicted molar refractivity (Wildman–Crippen MR) is 125 cm³/mol. The van der Waals surface area contributed by atoms with Gasteiger partial charge in [-0.15, -0.1) is 0 Å². The van der Waals surface area contributed by atoms with E-state index >= 15 is 0 Å². The molecule has 12 heteroatoms. The SMILES string of the molecule is CC(=O)NC[C@H]1CN(c2ccc(N3CCN(S(=O)(=O)c4cccc(N)c4)CC3)c(F)c2)C(=O)O1. The Balaban J connectivity index is 1.41. The minimum atomic E-state index is -3.69. The highest BCUT2D eigenvalue weighted by atomic mass is 32.2. The van der Waals surface area contributed by atoms with E-state index in [0.717, 1.165) is 0 Å². The smallest absolute Gasteiger partial charge is 0.414 e. The van der Waals surface area contributed by atoms with Gasteiger partial charge >= 0.3 is 6.09 Å². The second-order valence-corrected chi connectivity index (χ2v) is 10.1. The van der Waals surface area contributed by atoms with Gasteiger partial charge in [-0.05, 0) is 36.4 Å². The Hall–Kier alpha value is -3.38. The second kappa shape index (κ2) is 9.47. The number of nitrogen functional groups attached to an aromatic ring is 1. The highest BCUT2D eigenvalue weighted by Crippen LogP contribution is 2.29. The summed E-state index contributed by atoms with van der Waals surface area (Å²) in [5.74, 6) is -0.756. The minimum absolute atomic E-state index is 0.130. The van der Waals surface area contributed by atoms with Crippen LogP contribution < -0.4 is 20.9 Å². The molecule has 2 saturated heterocycles. The largest absolute Gasteiger partial charge is 0.442 e. The van der Waals surface area contributed by atoms with E-state index in [1.54, 1.807) is 29.2 Å². The number of carbonyl (C=O) groups is 2. The minimum Gasteiger partial charge on any atom is -0.442 e. The van der Waals surface area contributed by atoms with Gasteiger partial charge in [0.1, 0.15) is 11.9 Å². The molecule has 0 bridgehead atoms. The van der Waals surface area contributed by atoms with E-state index in [1.165, 1.54) is 34.3 Å². The van der Waals surface area contributed by atoms with Gasteiger partial charge in [-0.1, -0.05) is 6.07 Å². The van der Waals surface area contributed by atoms with Gasteiger partial charge in [-0.25, -0.2) is 17.6 Å². The fraction of sp³-hybridized carbons (Fsp3) is 0.364. The van der Waals surface area contributed by atoms with E-state index in [4.69, 9.17) is 10.5 Å². The summed E-state index contributed by atoms with van der Waals surface area (Å²) >= 11 is 0. The maximum absolute atomic E-state index is 15.0. The summed E-state index contributed by atoms with van der Waals surface area (Å²) in [6.45, 7) is 2.75. The number of ether oxygens (including phenoxy) is 1. The van der Waals surface area contributed by atoms with Crippen LogP contribution in [0.2, 0.25) is 0 Å². The molecule has 2 amide bonds. The summed E-state index contributed by atoms with van der Waals surface area (Å²) in [4.78, 5) is 26.5. The zero-order valence-electron chi connectivity index (χ0n) is 18.6. The summed E-state index contributed by atoms with van der Waals surface area (Å²) < 4.78 is 47.3. The van der Waals surface area contributed by atoms with E-state index in [2.05, 4.69) is 5.32 Å². The number of halogens is 1. The van der Waals surface area contributed by atoms with Crippen LogP contribution in [0.15, 0.2) is 47.4 Å². The van der Waals surface area contributed by atoms with E-state index in [9.17, 15) is 22.4 Å². The van der Waals surface area contributed by atoms with E-state index < -0.39 is 28.0 Å². The average Bonchev–Trinajstić information content (AvgIpc) is 3.18. The number of amides is 2. The van der Waals surface area contributed by atoms with Crippen molar-refractivity contribution in [3.8, 4) is 0 Å². The summed E-state index contributed by atoms with van der Waals surface area (Å²) in [6.07, 6.45) is -1.13. The Labute approximate surface area is 197 Å². The van der Waals surface area contributed by atoms with Crippen molar-refractivity contribution in [1.29, 1.82) is 0 Å². The number of nitrogens with two attached hydrogens (primary N) is 1. The molecule has 2 aromatic carbocycles. The zero-order chi connectivity index (χ0) is 24.5. The van der Waals surface area contributed by atoms with Crippen LogP contribution in [-0.2, 0) is 19.6 Å². The molecule has 182 valence electrons. The highest BCUT2D eigenvalue weighted by Gasteiger charge is 2.33. The lowest BCUT2D eigenvalue weighted by Crippen LogP contribution is -2.48. The number of carbonyl (C=O) groups excluding carboxylic acids is 2. The highest BCUT2D eigenvalue weighted by molar-refractivity contribution is 7.89. The molecule has 0 unspecified atom stereocenters. The molecule has 4 rings (SSSR count). The van der Waals surface area contributed by atoms with Crippen LogP contribution in [0.25, 0.3) is 0 Å². The van der Waals surface area contributed by atoms with Crippen molar-refractivity contribution in [3.63, 3.8) is 0 Å². The molecule has 2 aliphatic rings. The topological polar surface area (TPSA) is 125 Å².